The monoisotopic (exact) mass is 415 g/mol. The minimum atomic E-state index is -0.339. The predicted molar refractivity (Wildman–Crippen MR) is 114 cm³/mol. The maximum absolute atomic E-state index is 13.0. The van der Waals surface area contributed by atoms with Crippen molar-refractivity contribution in [3.63, 3.8) is 0 Å². The molecule has 0 spiro atoms. The first-order valence-corrected chi connectivity index (χ1v) is 9.46. The van der Waals surface area contributed by atoms with Gasteiger partial charge in [-0.3, -0.25) is 9.59 Å². The van der Waals surface area contributed by atoms with Crippen LogP contribution < -0.4 is 10.1 Å². The van der Waals surface area contributed by atoms with Crippen molar-refractivity contribution in [1.29, 1.82) is 0 Å². The van der Waals surface area contributed by atoms with Crippen LogP contribution in [0, 0.1) is 5.82 Å². The van der Waals surface area contributed by atoms with Gasteiger partial charge in [0.15, 0.2) is 5.82 Å². The minimum Gasteiger partial charge on any atom is -0.457 e. The summed E-state index contributed by atoms with van der Waals surface area (Å²) in [5, 5.41) is 2.79. The van der Waals surface area contributed by atoms with Gasteiger partial charge in [-0.15, -0.1) is 0 Å². The molecule has 154 valence electrons. The summed E-state index contributed by atoms with van der Waals surface area (Å²) < 4.78 is 20.2. The van der Waals surface area contributed by atoms with Crippen molar-refractivity contribution in [2.24, 2.45) is 7.05 Å². The van der Waals surface area contributed by atoms with Crippen molar-refractivity contribution in [2.45, 2.75) is 0 Å². The smallest absolute Gasteiger partial charge is 0.255 e. The topological polar surface area (TPSA) is 73.2 Å². The number of aryl methyl sites for hydroxylation is 1. The lowest BCUT2D eigenvalue weighted by Gasteiger charge is -2.08. The van der Waals surface area contributed by atoms with Gasteiger partial charge < -0.3 is 14.6 Å². The summed E-state index contributed by atoms with van der Waals surface area (Å²) in [5.74, 6) is 0.547. The van der Waals surface area contributed by atoms with Gasteiger partial charge in [-0.2, -0.15) is 0 Å². The van der Waals surface area contributed by atoms with Crippen molar-refractivity contribution < 1.29 is 18.7 Å². The van der Waals surface area contributed by atoms with Crippen LogP contribution in [-0.2, 0) is 7.05 Å². The summed E-state index contributed by atoms with van der Waals surface area (Å²) in [6.07, 6.45) is 3.27. The van der Waals surface area contributed by atoms with Crippen molar-refractivity contribution in [3.8, 4) is 11.5 Å². The third-order valence-electron chi connectivity index (χ3n) is 4.60. The number of nitrogens with one attached hydrogen (secondary N) is 1. The number of amides is 1. The number of hydrogen-bond donors (Lipinski definition) is 1. The van der Waals surface area contributed by atoms with Crippen molar-refractivity contribution in [2.75, 3.05) is 5.32 Å². The number of nitrogens with zero attached hydrogens (tertiary/aromatic N) is 2. The van der Waals surface area contributed by atoms with Crippen LogP contribution in [0.2, 0.25) is 0 Å². The fraction of sp³-hybridized carbons (Fsp3) is 0.0417. The van der Waals surface area contributed by atoms with Gasteiger partial charge in [0.05, 0.1) is 0 Å². The van der Waals surface area contributed by atoms with Crippen molar-refractivity contribution in [3.05, 3.63) is 108 Å². The largest absolute Gasteiger partial charge is 0.457 e. The SMILES string of the molecule is Cn1ccnc1C(=O)c1ccc(NC(=O)c2ccc(Oc3ccc(F)cc3)cc2)cc1. The first-order valence-electron chi connectivity index (χ1n) is 9.46. The van der Waals surface area contributed by atoms with Gasteiger partial charge in [-0.05, 0) is 72.8 Å². The lowest BCUT2D eigenvalue weighted by Crippen LogP contribution is -2.12. The first kappa shape index (κ1) is 20.0. The average Bonchev–Trinajstić information content (AvgIpc) is 3.21. The Morgan fingerprint density at radius 1 is 0.871 bits per heavy atom. The molecule has 0 fully saturated rings. The van der Waals surface area contributed by atoms with Crippen LogP contribution in [0.25, 0.3) is 0 Å². The van der Waals surface area contributed by atoms with Gasteiger partial charge in [-0.1, -0.05) is 0 Å². The first-order chi connectivity index (χ1) is 15.0. The average molecular weight is 415 g/mol. The van der Waals surface area contributed by atoms with Crippen LogP contribution in [0.1, 0.15) is 26.5 Å². The van der Waals surface area contributed by atoms with Gasteiger partial charge in [0, 0.05) is 36.3 Å². The second-order valence-corrected chi connectivity index (χ2v) is 6.80. The Morgan fingerprint density at radius 3 is 2.03 bits per heavy atom. The fourth-order valence-electron chi connectivity index (χ4n) is 2.93. The molecular weight excluding hydrogens is 397 g/mol. The molecule has 1 heterocycles. The summed E-state index contributed by atoms with van der Waals surface area (Å²) in [4.78, 5) is 29.0. The molecule has 0 bridgehead atoms. The molecule has 31 heavy (non-hydrogen) atoms. The number of carbonyl (C=O) groups excluding carboxylic acids is 2. The van der Waals surface area contributed by atoms with Crippen LogP contribution in [0.3, 0.4) is 0 Å². The van der Waals surface area contributed by atoms with E-state index in [1.807, 2.05) is 0 Å². The molecule has 1 N–H and O–H groups in total. The zero-order valence-electron chi connectivity index (χ0n) is 16.6. The molecule has 0 aliphatic rings. The highest BCUT2D eigenvalue weighted by Crippen LogP contribution is 2.22. The van der Waals surface area contributed by atoms with E-state index in [9.17, 15) is 14.0 Å². The third-order valence-corrected chi connectivity index (χ3v) is 4.60. The van der Waals surface area contributed by atoms with E-state index in [0.29, 0.717) is 34.1 Å². The fourth-order valence-corrected chi connectivity index (χ4v) is 2.93. The van der Waals surface area contributed by atoms with Gasteiger partial charge in [-0.25, -0.2) is 9.37 Å². The molecule has 0 unspecified atom stereocenters. The highest BCUT2D eigenvalue weighted by Gasteiger charge is 2.14. The van der Waals surface area contributed by atoms with Crippen LogP contribution in [0.15, 0.2) is 85.2 Å². The van der Waals surface area contributed by atoms with Gasteiger partial charge in [0.2, 0.25) is 5.78 Å². The molecule has 1 aromatic heterocycles. The number of ketones is 1. The Kier molecular flexibility index (Phi) is 5.57. The number of imidazole rings is 1. The number of halogens is 1. The number of benzene rings is 3. The van der Waals surface area contributed by atoms with E-state index in [2.05, 4.69) is 10.3 Å². The Bertz CT molecular complexity index is 1210. The molecule has 0 saturated carbocycles. The van der Waals surface area contributed by atoms with Crippen LogP contribution in [0.5, 0.6) is 11.5 Å². The van der Waals surface area contributed by atoms with Gasteiger partial charge in [0.25, 0.3) is 5.91 Å². The van der Waals surface area contributed by atoms with E-state index in [4.69, 9.17) is 4.74 Å². The number of anilines is 1. The van der Waals surface area contributed by atoms with E-state index in [1.54, 1.807) is 72.5 Å². The van der Waals surface area contributed by atoms with Gasteiger partial charge in [0.1, 0.15) is 17.3 Å². The molecule has 0 aliphatic carbocycles. The molecule has 3 aromatic carbocycles. The van der Waals surface area contributed by atoms with E-state index >= 15 is 0 Å². The predicted octanol–water partition coefficient (Wildman–Crippen LogP) is 4.83. The lowest BCUT2D eigenvalue weighted by atomic mass is 10.1. The molecular formula is C24H18FN3O3. The van der Waals surface area contributed by atoms with Crippen molar-refractivity contribution in [1.82, 2.24) is 9.55 Å². The highest BCUT2D eigenvalue weighted by atomic mass is 19.1. The number of aromatic nitrogens is 2. The number of ether oxygens (including phenoxy) is 1. The molecule has 7 heteroatoms. The minimum absolute atomic E-state index is 0.192. The Morgan fingerprint density at radius 2 is 1.45 bits per heavy atom. The summed E-state index contributed by atoms with van der Waals surface area (Å²) >= 11 is 0. The number of hydrogen-bond acceptors (Lipinski definition) is 4. The van der Waals surface area contributed by atoms with Crippen LogP contribution >= 0.6 is 0 Å². The van der Waals surface area contributed by atoms with Crippen LogP contribution in [0.4, 0.5) is 10.1 Å². The van der Waals surface area contributed by atoms with Gasteiger partial charge >= 0.3 is 0 Å². The lowest BCUT2D eigenvalue weighted by molar-refractivity contribution is 0.102. The third kappa shape index (κ3) is 4.67. The van der Waals surface area contributed by atoms with E-state index in [0.717, 1.165) is 0 Å². The Balaban J connectivity index is 1.39. The quantitative estimate of drug-likeness (QED) is 0.458. The summed E-state index contributed by atoms with van der Waals surface area (Å²) in [6, 6.07) is 18.9. The molecule has 4 rings (SSSR count). The zero-order valence-corrected chi connectivity index (χ0v) is 16.6. The molecule has 1 amide bonds. The summed E-state index contributed by atoms with van der Waals surface area (Å²) in [5.41, 5.74) is 1.49. The summed E-state index contributed by atoms with van der Waals surface area (Å²) in [7, 11) is 1.75. The molecule has 0 aliphatic heterocycles. The number of carbonyl (C=O) groups is 2. The Labute approximate surface area is 177 Å². The number of rotatable bonds is 6. The maximum Gasteiger partial charge on any atom is 0.255 e. The van der Waals surface area contributed by atoms with E-state index < -0.39 is 0 Å². The van der Waals surface area contributed by atoms with Crippen LogP contribution in [-0.4, -0.2) is 21.2 Å². The molecule has 4 aromatic rings. The van der Waals surface area contributed by atoms with Crippen molar-refractivity contribution >= 4 is 17.4 Å². The van der Waals surface area contributed by atoms with E-state index in [-0.39, 0.29) is 17.5 Å². The summed E-state index contributed by atoms with van der Waals surface area (Å²) in [6.45, 7) is 0. The maximum atomic E-state index is 13.0. The van der Waals surface area contributed by atoms with E-state index in [1.165, 1.54) is 24.3 Å². The molecule has 0 atom stereocenters. The zero-order chi connectivity index (χ0) is 21.8. The molecule has 0 radical (unpaired) electrons. The second-order valence-electron chi connectivity index (χ2n) is 6.80. The standard InChI is InChI=1S/C24H18FN3O3/c1-28-15-14-26-23(28)22(29)16-2-8-19(9-3-16)27-24(30)17-4-10-20(11-5-17)31-21-12-6-18(25)7-13-21/h2-15H,1H3,(H,27,30). The Hall–Kier alpha value is -4.26. The molecule has 0 saturated heterocycles. The highest BCUT2D eigenvalue weighted by molar-refractivity contribution is 6.07. The normalized spacial score (nSPS) is 10.5. The second kappa shape index (κ2) is 8.62. The molecule has 6 nitrogen and oxygen atoms in total.